The molecular formula is C31H33F3N6O3. The summed E-state index contributed by atoms with van der Waals surface area (Å²) in [5, 5.41) is 25.6. The minimum absolute atomic E-state index is 0.0209. The number of amides is 2. The number of aliphatic hydroxyl groups is 1. The first kappa shape index (κ1) is 30.2. The van der Waals surface area contributed by atoms with Crippen molar-refractivity contribution in [3.63, 3.8) is 0 Å². The van der Waals surface area contributed by atoms with E-state index < -0.39 is 29.8 Å². The quantitative estimate of drug-likeness (QED) is 0.241. The molecule has 4 aromatic rings. The number of hydrogen-bond acceptors (Lipinski definition) is 6. The summed E-state index contributed by atoms with van der Waals surface area (Å²) in [6, 6.07) is 16.9. The van der Waals surface area contributed by atoms with Gasteiger partial charge in [0.1, 0.15) is 5.52 Å². The summed E-state index contributed by atoms with van der Waals surface area (Å²) >= 11 is 0. The highest BCUT2D eigenvalue weighted by atomic mass is 19.4. The molecule has 9 nitrogen and oxygen atoms in total. The Kier molecular flexibility index (Phi) is 9.07. The van der Waals surface area contributed by atoms with Crippen LogP contribution >= 0.6 is 0 Å². The van der Waals surface area contributed by atoms with Crippen LogP contribution in [0, 0.1) is 0 Å². The van der Waals surface area contributed by atoms with Crippen LogP contribution in [0.25, 0.3) is 11.0 Å². The fourth-order valence-corrected chi connectivity index (χ4v) is 5.29. The summed E-state index contributed by atoms with van der Waals surface area (Å²) in [5.41, 5.74) is 2.53. The third-order valence-corrected chi connectivity index (χ3v) is 7.54. The lowest BCUT2D eigenvalue weighted by atomic mass is 10.00. The lowest BCUT2D eigenvalue weighted by Gasteiger charge is -2.25. The third-order valence-electron chi connectivity index (χ3n) is 7.54. The number of carbonyl (C=O) groups excluding carboxylic acids is 2. The van der Waals surface area contributed by atoms with Gasteiger partial charge in [-0.3, -0.25) is 9.59 Å². The van der Waals surface area contributed by atoms with Gasteiger partial charge in [0.15, 0.2) is 0 Å². The SMILES string of the molecule is CCn1nnc2c(N3CCCC3=O)cc(C(=O)N[C@@H](Cc3ccccc3)[C@H](O)CNCc3cccc(C(F)(F)F)c3)cc21. The van der Waals surface area contributed by atoms with Crippen molar-refractivity contribution in [3.8, 4) is 0 Å². The van der Waals surface area contributed by atoms with Crippen LogP contribution in [0.15, 0.2) is 66.7 Å². The number of nitrogens with one attached hydrogen (secondary N) is 2. The molecule has 12 heteroatoms. The van der Waals surface area contributed by atoms with Crippen molar-refractivity contribution in [2.45, 2.75) is 57.6 Å². The van der Waals surface area contributed by atoms with E-state index in [0.29, 0.717) is 60.2 Å². The van der Waals surface area contributed by atoms with Crippen molar-refractivity contribution < 1.29 is 27.9 Å². The summed E-state index contributed by atoms with van der Waals surface area (Å²) < 4.78 is 41.0. The number of fused-ring (bicyclic) bond motifs is 1. The number of aryl methyl sites for hydroxylation is 1. The van der Waals surface area contributed by atoms with E-state index in [1.165, 1.54) is 6.07 Å². The van der Waals surface area contributed by atoms with E-state index in [4.69, 9.17) is 0 Å². The van der Waals surface area contributed by atoms with Crippen LogP contribution in [0.5, 0.6) is 0 Å². The van der Waals surface area contributed by atoms with Crippen LogP contribution in [0.4, 0.5) is 18.9 Å². The Bertz CT molecular complexity index is 1590. The van der Waals surface area contributed by atoms with E-state index >= 15 is 0 Å². The Morgan fingerprint density at radius 1 is 1.07 bits per heavy atom. The zero-order chi connectivity index (χ0) is 30.6. The van der Waals surface area contributed by atoms with Crippen molar-refractivity contribution in [3.05, 3.63) is 89.0 Å². The molecule has 1 fully saturated rings. The number of hydrogen-bond donors (Lipinski definition) is 3. The topological polar surface area (TPSA) is 112 Å². The Morgan fingerprint density at radius 3 is 2.53 bits per heavy atom. The van der Waals surface area contributed by atoms with Crippen LogP contribution in [0.2, 0.25) is 0 Å². The van der Waals surface area contributed by atoms with Gasteiger partial charge in [-0.15, -0.1) is 5.10 Å². The molecule has 0 aliphatic carbocycles. The number of aromatic nitrogens is 3. The summed E-state index contributed by atoms with van der Waals surface area (Å²) in [6.07, 6.45) is -4.08. The monoisotopic (exact) mass is 594 g/mol. The molecule has 0 unspecified atom stereocenters. The molecule has 1 aliphatic heterocycles. The minimum atomic E-state index is -4.45. The van der Waals surface area contributed by atoms with Crippen molar-refractivity contribution in [2.75, 3.05) is 18.0 Å². The predicted octanol–water partition coefficient (Wildman–Crippen LogP) is 4.09. The number of nitrogens with zero attached hydrogens (tertiary/aromatic N) is 4. The first-order valence-corrected chi connectivity index (χ1v) is 14.2. The van der Waals surface area contributed by atoms with Crippen LogP contribution in [-0.2, 0) is 30.5 Å². The normalized spacial score (nSPS) is 15.2. The second-order valence-electron chi connectivity index (χ2n) is 10.6. The molecule has 3 aromatic carbocycles. The van der Waals surface area contributed by atoms with Crippen LogP contribution in [0.3, 0.4) is 0 Å². The van der Waals surface area contributed by atoms with Gasteiger partial charge in [0, 0.05) is 38.2 Å². The minimum Gasteiger partial charge on any atom is -0.390 e. The summed E-state index contributed by atoms with van der Waals surface area (Å²) in [4.78, 5) is 27.9. The number of rotatable bonds is 11. The average Bonchev–Trinajstić information content (AvgIpc) is 3.62. The van der Waals surface area contributed by atoms with Crippen LogP contribution in [-0.4, -0.2) is 57.2 Å². The maximum absolute atomic E-state index is 13.7. The highest BCUT2D eigenvalue weighted by molar-refractivity contribution is 6.06. The van der Waals surface area contributed by atoms with Gasteiger partial charge in [-0.05, 0) is 49.1 Å². The zero-order valence-corrected chi connectivity index (χ0v) is 23.6. The van der Waals surface area contributed by atoms with Crippen molar-refractivity contribution in [2.24, 2.45) is 0 Å². The van der Waals surface area contributed by atoms with Crippen molar-refractivity contribution >= 4 is 28.5 Å². The Balaban J connectivity index is 1.36. The van der Waals surface area contributed by atoms with Gasteiger partial charge in [0.25, 0.3) is 5.91 Å². The molecule has 2 heterocycles. The van der Waals surface area contributed by atoms with Crippen molar-refractivity contribution in [1.29, 1.82) is 0 Å². The van der Waals surface area contributed by atoms with E-state index in [9.17, 15) is 27.9 Å². The molecule has 1 aromatic heterocycles. The molecule has 43 heavy (non-hydrogen) atoms. The number of anilines is 1. The molecule has 1 saturated heterocycles. The molecule has 1 aliphatic rings. The molecule has 2 amide bonds. The summed E-state index contributed by atoms with van der Waals surface area (Å²) in [7, 11) is 0. The smallest absolute Gasteiger partial charge is 0.390 e. The van der Waals surface area contributed by atoms with Gasteiger partial charge in [0.05, 0.1) is 28.9 Å². The second kappa shape index (κ2) is 12.9. The van der Waals surface area contributed by atoms with Gasteiger partial charge in [-0.1, -0.05) is 53.7 Å². The number of benzene rings is 3. The first-order chi connectivity index (χ1) is 20.6. The van der Waals surface area contributed by atoms with E-state index in [2.05, 4.69) is 20.9 Å². The summed E-state index contributed by atoms with van der Waals surface area (Å²) in [6.45, 7) is 3.06. The fourth-order valence-electron chi connectivity index (χ4n) is 5.29. The number of halogens is 3. The Morgan fingerprint density at radius 2 is 1.84 bits per heavy atom. The molecule has 0 spiro atoms. The lowest BCUT2D eigenvalue weighted by molar-refractivity contribution is -0.137. The van der Waals surface area contributed by atoms with E-state index in [1.807, 2.05) is 37.3 Å². The molecule has 0 radical (unpaired) electrons. The second-order valence-corrected chi connectivity index (χ2v) is 10.6. The highest BCUT2D eigenvalue weighted by Gasteiger charge is 2.31. The Labute approximate surface area is 246 Å². The van der Waals surface area contributed by atoms with Gasteiger partial charge in [-0.25, -0.2) is 4.68 Å². The average molecular weight is 595 g/mol. The molecule has 226 valence electrons. The van der Waals surface area contributed by atoms with Gasteiger partial charge in [-0.2, -0.15) is 13.2 Å². The maximum atomic E-state index is 13.7. The third kappa shape index (κ3) is 7.03. The van der Waals surface area contributed by atoms with Gasteiger partial charge < -0.3 is 20.6 Å². The van der Waals surface area contributed by atoms with Crippen LogP contribution < -0.4 is 15.5 Å². The molecule has 0 saturated carbocycles. The number of carbonyl (C=O) groups is 2. The van der Waals surface area contributed by atoms with E-state index in [-0.39, 0.29) is 19.0 Å². The molecule has 2 atom stereocenters. The summed E-state index contributed by atoms with van der Waals surface area (Å²) in [5.74, 6) is -0.495. The lowest BCUT2D eigenvalue weighted by Crippen LogP contribution is -2.48. The first-order valence-electron chi connectivity index (χ1n) is 14.2. The predicted molar refractivity (Wildman–Crippen MR) is 155 cm³/mol. The fraction of sp³-hybridized carbons (Fsp3) is 0.355. The molecular weight excluding hydrogens is 561 g/mol. The standard InChI is InChI=1S/C31H33F3N6O3/c1-2-40-26-17-22(16-25(29(26)37-38-40)39-13-7-12-28(39)42)30(43)36-24(15-20-8-4-3-5-9-20)27(41)19-35-18-21-10-6-11-23(14-21)31(32,33)34/h3-6,8-11,14,16-17,24,27,35,41H,2,7,12-13,15,18-19H2,1H3,(H,36,43)/t24-,27+/m0/s1. The highest BCUT2D eigenvalue weighted by Crippen LogP contribution is 2.31. The van der Waals surface area contributed by atoms with Crippen LogP contribution in [0.1, 0.15) is 46.8 Å². The molecule has 0 bridgehead atoms. The van der Waals surface area contributed by atoms with E-state index in [1.54, 1.807) is 27.8 Å². The largest absolute Gasteiger partial charge is 0.416 e. The van der Waals surface area contributed by atoms with E-state index in [0.717, 1.165) is 17.7 Å². The number of alkyl halides is 3. The molecule has 5 rings (SSSR count). The van der Waals surface area contributed by atoms with Gasteiger partial charge >= 0.3 is 6.18 Å². The molecule has 3 N–H and O–H groups in total. The van der Waals surface area contributed by atoms with Gasteiger partial charge in [0.2, 0.25) is 5.91 Å². The van der Waals surface area contributed by atoms with Crippen molar-refractivity contribution in [1.82, 2.24) is 25.6 Å². The maximum Gasteiger partial charge on any atom is 0.416 e. The zero-order valence-electron chi connectivity index (χ0n) is 23.6. The Hall–Kier alpha value is -4.29. The number of aliphatic hydroxyl groups excluding tert-OH is 1.